The number of para-hydroxylation sites is 1. The number of likely N-dealkylation sites (tertiary alicyclic amines) is 1. The predicted molar refractivity (Wildman–Crippen MR) is 126 cm³/mol. The number of carbonyl (C=O) groups is 2. The van der Waals surface area contributed by atoms with Gasteiger partial charge in [-0.15, -0.1) is 0 Å². The van der Waals surface area contributed by atoms with Crippen LogP contribution in [0.4, 0.5) is 0 Å². The topological polar surface area (TPSA) is 76.1 Å². The van der Waals surface area contributed by atoms with Gasteiger partial charge in [-0.1, -0.05) is 43.5 Å². The molecule has 2 aliphatic rings. The Balaban J connectivity index is 1.97. The molecule has 1 N–H and O–H groups in total. The van der Waals surface area contributed by atoms with Crippen molar-refractivity contribution in [2.75, 3.05) is 14.2 Å². The number of aryl methyl sites for hydroxylation is 2. The van der Waals surface area contributed by atoms with Gasteiger partial charge in [0.15, 0.2) is 0 Å². The summed E-state index contributed by atoms with van der Waals surface area (Å²) in [6.45, 7) is 3.81. The zero-order valence-electron chi connectivity index (χ0n) is 19.7. The molecule has 1 saturated heterocycles. The van der Waals surface area contributed by atoms with Crippen LogP contribution in [0.25, 0.3) is 5.76 Å². The van der Waals surface area contributed by atoms with Crippen molar-refractivity contribution in [3.63, 3.8) is 0 Å². The Kier molecular flexibility index (Phi) is 6.45. The molecule has 4 rings (SSSR count). The molecule has 1 aliphatic heterocycles. The lowest BCUT2D eigenvalue weighted by molar-refractivity contribution is -0.141. The summed E-state index contributed by atoms with van der Waals surface area (Å²) in [5.74, 6) is -0.395. The smallest absolute Gasteiger partial charge is 0.295 e. The third kappa shape index (κ3) is 3.99. The lowest BCUT2D eigenvalue weighted by Gasteiger charge is -2.35. The minimum absolute atomic E-state index is 0.0587. The Labute approximate surface area is 194 Å². The molecular formula is C27H31NO5. The Morgan fingerprint density at radius 2 is 1.70 bits per heavy atom. The minimum atomic E-state index is -0.727. The van der Waals surface area contributed by atoms with Crippen molar-refractivity contribution >= 4 is 17.4 Å². The molecular weight excluding hydrogens is 418 g/mol. The molecule has 0 radical (unpaired) electrons. The number of aliphatic hydroxyl groups excluding tert-OH is 1. The van der Waals surface area contributed by atoms with Gasteiger partial charge in [0.1, 0.15) is 17.3 Å². The molecule has 1 unspecified atom stereocenters. The maximum absolute atomic E-state index is 13.4. The molecule has 1 aliphatic carbocycles. The van der Waals surface area contributed by atoms with Crippen LogP contribution < -0.4 is 9.47 Å². The van der Waals surface area contributed by atoms with Crippen LogP contribution in [0.15, 0.2) is 42.0 Å². The molecule has 33 heavy (non-hydrogen) atoms. The van der Waals surface area contributed by atoms with Crippen LogP contribution in [0, 0.1) is 13.8 Å². The number of amides is 1. The van der Waals surface area contributed by atoms with Gasteiger partial charge in [0.05, 0.1) is 31.4 Å². The second-order valence-corrected chi connectivity index (χ2v) is 8.90. The number of methoxy groups -OCH3 is 2. The van der Waals surface area contributed by atoms with Gasteiger partial charge in [-0.25, -0.2) is 0 Å². The lowest BCUT2D eigenvalue weighted by atomic mass is 9.90. The van der Waals surface area contributed by atoms with E-state index in [9.17, 15) is 14.7 Å². The van der Waals surface area contributed by atoms with Crippen LogP contribution in [0.5, 0.6) is 11.5 Å². The number of carbonyl (C=O) groups excluding carboxylic acids is 2. The monoisotopic (exact) mass is 449 g/mol. The van der Waals surface area contributed by atoms with Gasteiger partial charge in [-0.2, -0.15) is 0 Å². The quantitative estimate of drug-likeness (QED) is 0.392. The highest BCUT2D eigenvalue weighted by Crippen LogP contribution is 2.46. The summed E-state index contributed by atoms with van der Waals surface area (Å²) in [6.07, 6.45) is 4.82. The van der Waals surface area contributed by atoms with Gasteiger partial charge in [0.25, 0.3) is 11.7 Å². The van der Waals surface area contributed by atoms with Gasteiger partial charge in [0.2, 0.25) is 0 Å². The van der Waals surface area contributed by atoms with Crippen molar-refractivity contribution in [2.45, 2.75) is 58.0 Å². The third-order valence-corrected chi connectivity index (χ3v) is 6.76. The molecule has 1 atom stereocenters. The van der Waals surface area contributed by atoms with Gasteiger partial charge in [0, 0.05) is 11.6 Å². The Bertz CT molecular complexity index is 1110. The first kappa shape index (κ1) is 22.9. The number of benzene rings is 2. The highest BCUT2D eigenvalue weighted by Gasteiger charge is 2.49. The second kappa shape index (κ2) is 9.30. The Morgan fingerprint density at radius 1 is 1.00 bits per heavy atom. The Morgan fingerprint density at radius 3 is 2.36 bits per heavy atom. The molecule has 1 saturated carbocycles. The van der Waals surface area contributed by atoms with Crippen molar-refractivity contribution in [3.05, 3.63) is 64.2 Å². The van der Waals surface area contributed by atoms with Crippen LogP contribution >= 0.6 is 0 Å². The molecule has 2 aromatic carbocycles. The summed E-state index contributed by atoms with van der Waals surface area (Å²) in [5, 5.41) is 11.5. The largest absolute Gasteiger partial charge is 0.507 e. The van der Waals surface area contributed by atoms with Crippen LogP contribution in [0.2, 0.25) is 0 Å². The molecule has 6 nitrogen and oxygen atoms in total. The summed E-state index contributed by atoms with van der Waals surface area (Å²) in [5.41, 5.74) is 2.95. The van der Waals surface area contributed by atoms with Crippen molar-refractivity contribution in [1.82, 2.24) is 4.90 Å². The number of ether oxygens (including phenoxy) is 2. The van der Waals surface area contributed by atoms with Crippen molar-refractivity contribution in [3.8, 4) is 11.5 Å². The van der Waals surface area contributed by atoms with Gasteiger partial charge in [-0.3, -0.25) is 9.59 Å². The van der Waals surface area contributed by atoms with Gasteiger partial charge >= 0.3 is 0 Å². The average Bonchev–Trinajstić information content (AvgIpc) is 3.09. The summed E-state index contributed by atoms with van der Waals surface area (Å²) < 4.78 is 11.2. The first-order chi connectivity index (χ1) is 15.9. The van der Waals surface area contributed by atoms with E-state index in [2.05, 4.69) is 0 Å². The number of hydrogen-bond acceptors (Lipinski definition) is 5. The first-order valence-corrected chi connectivity index (χ1v) is 11.5. The van der Waals surface area contributed by atoms with Gasteiger partial charge < -0.3 is 19.5 Å². The van der Waals surface area contributed by atoms with Crippen molar-refractivity contribution < 1.29 is 24.2 Å². The standard InChI is InChI=1S/C27H31NO5/c1-16-14-17(2)26(33-4)20(15-16)24(29)22-23(19-12-8-9-13-21(19)32-3)28(27(31)25(22)30)18-10-6-5-7-11-18/h8-9,12-15,18,23,29H,5-7,10-11H2,1-4H3/b24-22+. The van der Waals surface area contributed by atoms with Crippen LogP contribution in [0.3, 0.4) is 0 Å². The van der Waals surface area contributed by atoms with Crippen LogP contribution in [-0.4, -0.2) is 42.0 Å². The molecule has 0 spiro atoms. The fourth-order valence-corrected chi connectivity index (χ4v) is 5.33. The van der Waals surface area contributed by atoms with E-state index in [-0.39, 0.29) is 17.4 Å². The highest BCUT2D eigenvalue weighted by molar-refractivity contribution is 6.46. The molecule has 1 amide bonds. The SMILES string of the molecule is COc1ccccc1C1/C(=C(\O)c2cc(C)cc(C)c2OC)C(=O)C(=O)N1C1CCCCC1. The zero-order chi connectivity index (χ0) is 23.7. The molecule has 6 heteroatoms. The zero-order valence-corrected chi connectivity index (χ0v) is 19.7. The fourth-order valence-electron chi connectivity index (χ4n) is 5.33. The maximum atomic E-state index is 13.4. The molecule has 2 fully saturated rings. The summed E-state index contributed by atoms with van der Waals surface area (Å²) >= 11 is 0. The third-order valence-electron chi connectivity index (χ3n) is 6.76. The minimum Gasteiger partial charge on any atom is -0.507 e. The second-order valence-electron chi connectivity index (χ2n) is 8.90. The van der Waals surface area contributed by atoms with E-state index < -0.39 is 17.7 Å². The summed E-state index contributed by atoms with van der Waals surface area (Å²) in [7, 11) is 3.10. The van der Waals surface area contributed by atoms with Crippen molar-refractivity contribution in [1.29, 1.82) is 0 Å². The van der Waals surface area contributed by atoms with E-state index in [0.29, 0.717) is 22.6 Å². The number of aliphatic hydroxyl groups is 1. The van der Waals surface area contributed by atoms with Crippen LogP contribution in [0.1, 0.15) is 60.4 Å². The fraction of sp³-hybridized carbons (Fsp3) is 0.407. The van der Waals surface area contributed by atoms with Gasteiger partial charge in [-0.05, 0) is 49.9 Å². The molecule has 174 valence electrons. The first-order valence-electron chi connectivity index (χ1n) is 11.5. The van der Waals surface area contributed by atoms with E-state index >= 15 is 0 Å². The summed E-state index contributed by atoms with van der Waals surface area (Å²) in [6, 6.07) is 10.3. The average molecular weight is 450 g/mol. The van der Waals surface area contributed by atoms with E-state index in [0.717, 1.165) is 43.2 Å². The van der Waals surface area contributed by atoms with E-state index in [4.69, 9.17) is 9.47 Å². The molecule has 0 bridgehead atoms. The summed E-state index contributed by atoms with van der Waals surface area (Å²) in [4.78, 5) is 28.5. The van der Waals surface area contributed by atoms with Crippen LogP contribution in [-0.2, 0) is 9.59 Å². The number of rotatable bonds is 5. The number of ketones is 1. The normalized spacial score (nSPS) is 20.8. The highest BCUT2D eigenvalue weighted by atomic mass is 16.5. The van der Waals surface area contributed by atoms with E-state index in [1.165, 1.54) is 7.11 Å². The van der Waals surface area contributed by atoms with E-state index in [1.807, 2.05) is 44.2 Å². The van der Waals surface area contributed by atoms with E-state index in [1.54, 1.807) is 18.1 Å². The number of hydrogen-bond donors (Lipinski definition) is 1. The predicted octanol–water partition coefficient (Wildman–Crippen LogP) is 5.08. The number of nitrogens with zero attached hydrogens (tertiary/aromatic N) is 1. The number of Topliss-reactive ketones (excluding diaryl/α,β-unsaturated/α-hetero) is 1. The van der Waals surface area contributed by atoms with Crippen molar-refractivity contribution in [2.24, 2.45) is 0 Å². The Hall–Kier alpha value is -3.28. The molecule has 2 aromatic rings. The molecule has 0 aromatic heterocycles. The maximum Gasteiger partial charge on any atom is 0.295 e. The lowest BCUT2D eigenvalue weighted by Crippen LogP contribution is -2.40. The molecule has 1 heterocycles.